The first-order valence-electron chi connectivity index (χ1n) is 12.2. The molecule has 0 aromatic heterocycles. The summed E-state index contributed by atoms with van der Waals surface area (Å²) in [5.74, 6) is 0. The van der Waals surface area contributed by atoms with E-state index in [1.54, 1.807) is 6.07 Å². The molecule has 4 heteroatoms. The Hall–Kier alpha value is -3.68. The van der Waals surface area contributed by atoms with Gasteiger partial charge in [0.05, 0.1) is 5.56 Å². The van der Waals surface area contributed by atoms with Crippen LogP contribution >= 0.6 is 7.92 Å². The number of allylic oxidation sites excluding steroid dienone is 2. The van der Waals surface area contributed by atoms with Gasteiger partial charge >= 0.3 is 6.18 Å². The van der Waals surface area contributed by atoms with Crippen molar-refractivity contribution in [3.05, 3.63) is 132 Å². The highest BCUT2D eigenvalue weighted by Crippen LogP contribution is 2.43. The number of hydrogen-bond acceptors (Lipinski definition) is 0. The van der Waals surface area contributed by atoms with Crippen LogP contribution in [0.1, 0.15) is 25.0 Å². The van der Waals surface area contributed by atoms with Gasteiger partial charge in [-0.25, -0.2) is 0 Å². The van der Waals surface area contributed by atoms with Crippen LogP contribution in [0.25, 0.3) is 27.5 Å². The molecule has 0 atom stereocenters. The van der Waals surface area contributed by atoms with E-state index in [4.69, 9.17) is 0 Å². The van der Waals surface area contributed by atoms with Crippen molar-refractivity contribution in [3.8, 4) is 11.1 Å². The van der Waals surface area contributed by atoms with Crippen LogP contribution in [0.5, 0.6) is 0 Å². The molecule has 0 saturated heterocycles. The van der Waals surface area contributed by atoms with Gasteiger partial charge in [0.1, 0.15) is 0 Å². The number of fused-ring (bicyclic) bond motifs is 1. The Bertz CT molecular complexity index is 1530. The Morgan fingerprint density at radius 3 is 1.89 bits per heavy atom. The maximum absolute atomic E-state index is 14.1. The van der Waals surface area contributed by atoms with E-state index in [0.29, 0.717) is 5.56 Å². The molecule has 0 radical (unpaired) electrons. The third-order valence-corrected chi connectivity index (χ3v) is 9.15. The highest BCUT2D eigenvalue weighted by molar-refractivity contribution is 7.80. The zero-order valence-corrected chi connectivity index (χ0v) is 21.5. The quantitative estimate of drug-likeness (QED) is 0.208. The Labute approximate surface area is 216 Å². The molecule has 0 aliphatic rings. The normalized spacial score (nSPS) is 12.3. The van der Waals surface area contributed by atoms with E-state index in [9.17, 15) is 13.2 Å². The molecular weight excluding hydrogens is 484 g/mol. The maximum atomic E-state index is 14.1. The molecular formula is C33H26F3P. The van der Waals surface area contributed by atoms with Crippen LogP contribution in [0.3, 0.4) is 0 Å². The number of hydrogen-bond donors (Lipinski definition) is 0. The summed E-state index contributed by atoms with van der Waals surface area (Å²) < 4.78 is 42.3. The molecule has 37 heavy (non-hydrogen) atoms. The minimum Gasteiger partial charge on any atom is -0.166 e. The van der Waals surface area contributed by atoms with Crippen molar-refractivity contribution >= 4 is 40.2 Å². The van der Waals surface area contributed by atoms with Crippen LogP contribution in [0.15, 0.2) is 121 Å². The number of rotatable bonds is 5. The lowest BCUT2D eigenvalue weighted by molar-refractivity contribution is -0.137. The van der Waals surface area contributed by atoms with Gasteiger partial charge in [-0.1, -0.05) is 109 Å². The summed E-state index contributed by atoms with van der Waals surface area (Å²) in [6.45, 7) is 3.97. The smallest absolute Gasteiger partial charge is 0.166 e. The average molecular weight is 511 g/mol. The Balaban J connectivity index is 1.92. The first kappa shape index (κ1) is 25.0. The Morgan fingerprint density at radius 2 is 1.30 bits per heavy atom. The molecule has 0 aliphatic heterocycles. The van der Waals surface area contributed by atoms with E-state index < -0.39 is 19.7 Å². The molecule has 0 unspecified atom stereocenters. The molecule has 0 nitrogen and oxygen atoms in total. The molecule has 0 aliphatic carbocycles. The molecule has 0 heterocycles. The van der Waals surface area contributed by atoms with Crippen molar-refractivity contribution in [2.45, 2.75) is 20.0 Å². The van der Waals surface area contributed by atoms with Crippen molar-refractivity contribution in [3.63, 3.8) is 0 Å². The Kier molecular flexibility index (Phi) is 7.00. The minimum atomic E-state index is -4.45. The predicted molar refractivity (Wildman–Crippen MR) is 152 cm³/mol. The highest BCUT2D eigenvalue weighted by Gasteiger charge is 2.33. The van der Waals surface area contributed by atoms with Crippen LogP contribution in [0.4, 0.5) is 13.2 Å². The molecule has 5 aromatic rings. The third-order valence-electron chi connectivity index (χ3n) is 6.65. The lowest BCUT2D eigenvalue weighted by atomic mass is 9.89. The summed E-state index contributed by atoms with van der Waals surface area (Å²) in [5.41, 5.74) is 2.79. The summed E-state index contributed by atoms with van der Waals surface area (Å²) in [5, 5.41) is 5.03. The van der Waals surface area contributed by atoms with Gasteiger partial charge in [0, 0.05) is 0 Å². The predicted octanol–water partition coefficient (Wildman–Crippen LogP) is 8.71. The maximum Gasteiger partial charge on any atom is 0.416 e. The number of benzene rings is 5. The van der Waals surface area contributed by atoms with Crippen LogP contribution in [0, 0.1) is 0 Å². The molecule has 0 spiro atoms. The number of alkyl halides is 3. The SMILES string of the molecule is C/C=C(\C)c1ccc2ccccc2c1-c1cc(C(F)(F)F)ccc1P(c1ccccc1)c1ccccc1. The molecule has 5 aromatic carbocycles. The topological polar surface area (TPSA) is 0 Å². The average Bonchev–Trinajstić information content (AvgIpc) is 2.93. The van der Waals surface area contributed by atoms with Gasteiger partial charge in [0.2, 0.25) is 0 Å². The van der Waals surface area contributed by atoms with Gasteiger partial charge in [0.15, 0.2) is 0 Å². The fourth-order valence-electron chi connectivity index (χ4n) is 4.73. The second kappa shape index (κ2) is 10.4. The molecule has 0 amide bonds. The minimum absolute atomic E-state index is 0.627. The monoisotopic (exact) mass is 510 g/mol. The lowest BCUT2D eigenvalue weighted by Crippen LogP contribution is -2.23. The lowest BCUT2D eigenvalue weighted by Gasteiger charge is -2.25. The van der Waals surface area contributed by atoms with Gasteiger partial charge in [-0.2, -0.15) is 13.2 Å². The standard InChI is InChI=1S/C33H26F3P/c1-3-23(2)28-20-18-24-12-10-11-17-29(24)32(28)30-22-25(33(34,35)36)19-21-31(30)37(26-13-6-4-7-14-26)27-15-8-5-9-16-27/h3-22H,1-2H3/b23-3+. The van der Waals surface area contributed by atoms with Crippen molar-refractivity contribution in [2.24, 2.45) is 0 Å². The van der Waals surface area contributed by atoms with Crippen LogP contribution in [-0.2, 0) is 6.18 Å². The number of halogens is 3. The van der Waals surface area contributed by atoms with Crippen molar-refractivity contribution in [1.29, 1.82) is 0 Å². The van der Waals surface area contributed by atoms with E-state index in [2.05, 4.69) is 24.3 Å². The second-order valence-electron chi connectivity index (χ2n) is 8.92. The van der Waals surface area contributed by atoms with E-state index >= 15 is 0 Å². The summed E-state index contributed by atoms with van der Waals surface area (Å²) >= 11 is 0. The van der Waals surface area contributed by atoms with E-state index in [0.717, 1.165) is 43.4 Å². The van der Waals surface area contributed by atoms with E-state index in [1.807, 2.05) is 92.7 Å². The van der Waals surface area contributed by atoms with Gasteiger partial charge in [-0.3, -0.25) is 0 Å². The third kappa shape index (κ3) is 4.97. The van der Waals surface area contributed by atoms with Crippen molar-refractivity contribution < 1.29 is 13.2 Å². The van der Waals surface area contributed by atoms with Crippen LogP contribution < -0.4 is 15.9 Å². The Morgan fingerprint density at radius 1 is 0.703 bits per heavy atom. The van der Waals surface area contributed by atoms with Gasteiger partial charge in [-0.15, -0.1) is 0 Å². The van der Waals surface area contributed by atoms with Crippen LogP contribution in [-0.4, -0.2) is 0 Å². The molecule has 0 saturated carbocycles. The summed E-state index contributed by atoms with van der Waals surface area (Å²) in [6.07, 6.45) is -2.44. The summed E-state index contributed by atoms with van der Waals surface area (Å²) in [7, 11) is -1.12. The molecule has 184 valence electrons. The van der Waals surface area contributed by atoms with Crippen molar-refractivity contribution in [2.75, 3.05) is 0 Å². The molecule has 0 N–H and O–H groups in total. The first-order valence-corrected chi connectivity index (χ1v) is 13.5. The fourth-order valence-corrected chi connectivity index (χ4v) is 7.17. The van der Waals surface area contributed by atoms with Crippen LogP contribution in [0.2, 0.25) is 0 Å². The van der Waals surface area contributed by atoms with Gasteiger partial charge in [-0.05, 0) is 82.9 Å². The van der Waals surface area contributed by atoms with Gasteiger partial charge < -0.3 is 0 Å². The first-order chi connectivity index (χ1) is 17.9. The van der Waals surface area contributed by atoms with E-state index in [-0.39, 0.29) is 0 Å². The second-order valence-corrected chi connectivity index (χ2v) is 11.1. The van der Waals surface area contributed by atoms with Gasteiger partial charge in [0.25, 0.3) is 0 Å². The highest BCUT2D eigenvalue weighted by atomic mass is 31.1. The molecule has 0 bridgehead atoms. The van der Waals surface area contributed by atoms with Crippen molar-refractivity contribution in [1.82, 2.24) is 0 Å². The summed E-state index contributed by atoms with van der Waals surface area (Å²) in [4.78, 5) is 0. The molecule has 5 rings (SSSR count). The summed E-state index contributed by atoms with van der Waals surface area (Å²) in [6, 6.07) is 36.5. The van der Waals surface area contributed by atoms with E-state index in [1.165, 1.54) is 12.1 Å². The zero-order chi connectivity index (χ0) is 26.0. The largest absolute Gasteiger partial charge is 0.416 e. The zero-order valence-electron chi connectivity index (χ0n) is 20.6. The molecule has 0 fully saturated rings. The fraction of sp³-hybridized carbons (Fsp3) is 0.0909.